The molecule has 0 aliphatic rings. The van der Waals surface area contributed by atoms with Crippen LogP contribution >= 0.6 is 0 Å². The second kappa shape index (κ2) is 6.04. The molecule has 0 unspecified atom stereocenters. The van der Waals surface area contributed by atoms with Gasteiger partial charge in [0.1, 0.15) is 6.04 Å². The number of benzene rings is 1. The van der Waals surface area contributed by atoms with E-state index in [9.17, 15) is 27.6 Å². The van der Waals surface area contributed by atoms with Gasteiger partial charge in [0, 0.05) is 0 Å². The quantitative estimate of drug-likeness (QED) is 0.695. The lowest BCUT2D eigenvalue weighted by Crippen LogP contribution is -2.42. The van der Waals surface area contributed by atoms with Gasteiger partial charge in [-0.25, -0.2) is 18.0 Å². The smallest absolute Gasteiger partial charge is 0.326 e. The number of hydrogen-bond donors (Lipinski definition) is 3. The number of hydrogen-bond acceptors (Lipinski definition) is 3. The summed E-state index contributed by atoms with van der Waals surface area (Å²) in [6.07, 6.45) is -0.952. The molecule has 0 aliphatic carbocycles. The van der Waals surface area contributed by atoms with Crippen molar-refractivity contribution >= 4 is 17.8 Å². The molecule has 0 aliphatic heterocycles. The number of rotatable bonds is 5. The van der Waals surface area contributed by atoms with E-state index in [1.54, 1.807) is 5.32 Å². The van der Waals surface area contributed by atoms with Crippen LogP contribution in [-0.2, 0) is 9.59 Å². The molecule has 0 saturated carbocycles. The lowest BCUT2D eigenvalue weighted by atomic mass is 10.1. The largest absolute Gasteiger partial charge is 0.481 e. The Morgan fingerprint density at radius 3 is 2.20 bits per heavy atom. The van der Waals surface area contributed by atoms with Crippen molar-refractivity contribution in [1.82, 2.24) is 5.32 Å². The average molecular weight is 291 g/mol. The lowest BCUT2D eigenvalue weighted by Gasteiger charge is -2.12. The van der Waals surface area contributed by atoms with E-state index in [0.29, 0.717) is 12.1 Å². The summed E-state index contributed by atoms with van der Waals surface area (Å²) in [4.78, 5) is 32.6. The van der Waals surface area contributed by atoms with Gasteiger partial charge in [0.15, 0.2) is 17.5 Å². The fourth-order valence-corrected chi connectivity index (χ4v) is 1.31. The third-order valence-electron chi connectivity index (χ3n) is 2.26. The zero-order valence-electron chi connectivity index (χ0n) is 9.69. The van der Waals surface area contributed by atoms with Crippen LogP contribution in [-0.4, -0.2) is 34.1 Å². The molecule has 1 rings (SSSR count). The van der Waals surface area contributed by atoms with Crippen molar-refractivity contribution in [3.8, 4) is 0 Å². The maximum absolute atomic E-state index is 13.3. The first-order chi connectivity index (χ1) is 9.23. The van der Waals surface area contributed by atoms with E-state index in [1.807, 2.05) is 0 Å². The van der Waals surface area contributed by atoms with Crippen molar-refractivity contribution in [2.75, 3.05) is 0 Å². The molecule has 3 N–H and O–H groups in total. The molecule has 1 atom stereocenters. The van der Waals surface area contributed by atoms with Crippen LogP contribution in [0, 0.1) is 17.5 Å². The number of nitrogens with one attached hydrogen (secondary N) is 1. The molecular weight excluding hydrogens is 283 g/mol. The van der Waals surface area contributed by atoms with Gasteiger partial charge in [-0.3, -0.25) is 9.59 Å². The minimum absolute atomic E-state index is 0.486. The SMILES string of the molecule is O=C(O)C[C@@H](NC(=O)c1ccc(F)c(F)c1F)C(=O)O. The van der Waals surface area contributed by atoms with Gasteiger partial charge in [0.2, 0.25) is 0 Å². The van der Waals surface area contributed by atoms with E-state index in [4.69, 9.17) is 10.2 Å². The first kappa shape index (κ1) is 15.5. The van der Waals surface area contributed by atoms with E-state index in [0.717, 1.165) is 0 Å². The molecule has 0 aromatic heterocycles. The zero-order valence-corrected chi connectivity index (χ0v) is 9.69. The van der Waals surface area contributed by atoms with Crippen molar-refractivity contribution in [3.05, 3.63) is 35.1 Å². The van der Waals surface area contributed by atoms with Gasteiger partial charge >= 0.3 is 11.9 Å². The van der Waals surface area contributed by atoms with Crippen molar-refractivity contribution in [2.45, 2.75) is 12.5 Å². The summed E-state index contributed by atoms with van der Waals surface area (Å²) in [6.45, 7) is 0. The summed E-state index contributed by atoms with van der Waals surface area (Å²) >= 11 is 0. The highest BCUT2D eigenvalue weighted by Crippen LogP contribution is 2.15. The second-order valence-corrected chi connectivity index (χ2v) is 3.69. The number of carbonyl (C=O) groups is 3. The second-order valence-electron chi connectivity index (χ2n) is 3.69. The van der Waals surface area contributed by atoms with E-state index in [-0.39, 0.29) is 0 Å². The first-order valence-corrected chi connectivity index (χ1v) is 5.13. The van der Waals surface area contributed by atoms with Crippen LogP contribution in [0.2, 0.25) is 0 Å². The summed E-state index contributed by atoms with van der Waals surface area (Å²) in [7, 11) is 0. The van der Waals surface area contributed by atoms with Gasteiger partial charge < -0.3 is 15.5 Å². The van der Waals surface area contributed by atoms with Crippen molar-refractivity contribution in [1.29, 1.82) is 0 Å². The highest BCUT2D eigenvalue weighted by Gasteiger charge is 2.26. The number of amides is 1. The highest BCUT2D eigenvalue weighted by atomic mass is 19.2. The fourth-order valence-electron chi connectivity index (χ4n) is 1.31. The Bertz CT molecular complexity index is 575. The van der Waals surface area contributed by atoms with Crippen molar-refractivity contribution < 1.29 is 37.8 Å². The Morgan fingerprint density at radius 2 is 1.70 bits per heavy atom. The third-order valence-corrected chi connectivity index (χ3v) is 2.26. The molecule has 0 heterocycles. The normalized spacial score (nSPS) is 11.8. The van der Waals surface area contributed by atoms with Crippen LogP contribution in [0.25, 0.3) is 0 Å². The predicted molar refractivity (Wildman–Crippen MR) is 57.5 cm³/mol. The number of carbonyl (C=O) groups excluding carboxylic acids is 1. The van der Waals surface area contributed by atoms with Crippen LogP contribution in [0.4, 0.5) is 13.2 Å². The van der Waals surface area contributed by atoms with E-state index < -0.39 is 53.3 Å². The van der Waals surface area contributed by atoms with Gasteiger partial charge in [-0.05, 0) is 12.1 Å². The van der Waals surface area contributed by atoms with Crippen LogP contribution in [0.15, 0.2) is 12.1 Å². The van der Waals surface area contributed by atoms with Crippen molar-refractivity contribution in [2.24, 2.45) is 0 Å². The first-order valence-electron chi connectivity index (χ1n) is 5.13. The molecule has 0 fully saturated rings. The molecule has 20 heavy (non-hydrogen) atoms. The standard InChI is InChI=1S/C11H8F3NO5/c12-5-2-1-4(8(13)9(5)14)10(18)15-6(11(19)20)3-7(16)17/h1-2,6H,3H2,(H,15,18)(H,16,17)(H,19,20)/t6-/m1/s1. The number of aliphatic carboxylic acids is 2. The minimum Gasteiger partial charge on any atom is -0.481 e. The summed E-state index contributed by atoms with van der Waals surface area (Å²) in [5.74, 6) is -9.73. The number of carboxylic acids is 2. The van der Waals surface area contributed by atoms with E-state index >= 15 is 0 Å². The van der Waals surface area contributed by atoms with Gasteiger partial charge in [0.05, 0.1) is 12.0 Å². The molecular formula is C11H8F3NO5. The monoisotopic (exact) mass is 291 g/mol. The van der Waals surface area contributed by atoms with Gasteiger partial charge in [-0.15, -0.1) is 0 Å². The molecule has 1 aromatic carbocycles. The van der Waals surface area contributed by atoms with E-state index in [2.05, 4.69) is 0 Å². The molecule has 0 bridgehead atoms. The Labute approximate surface area is 109 Å². The summed E-state index contributed by atoms with van der Waals surface area (Å²) in [5.41, 5.74) is -0.930. The Morgan fingerprint density at radius 1 is 1.10 bits per heavy atom. The lowest BCUT2D eigenvalue weighted by molar-refractivity contribution is -0.145. The Balaban J connectivity index is 2.98. The number of carboxylic acid groups (broad SMARTS) is 2. The highest BCUT2D eigenvalue weighted by molar-refractivity contribution is 5.97. The summed E-state index contributed by atoms with van der Waals surface area (Å²) in [5, 5.41) is 18.8. The maximum Gasteiger partial charge on any atom is 0.326 e. The molecule has 1 amide bonds. The van der Waals surface area contributed by atoms with Gasteiger partial charge in [0.25, 0.3) is 5.91 Å². The Hall–Kier alpha value is -2.58. The average Bonchev–Trinajstić information content (AvgIpc) is 2.34. The molecule has 9 heteroatoms. The minimum atomic E-state index is -1.89. The molecule has 0 spiro atoms. The molecule has 1 aromatic rings. The van der Waals surface area contributed by atoms with E-state index in [1.165, 1.54) is 0 Å². The maximum atomic E-state index is 13.3. The molecule has 0 radical (unpaired) electrons. The van der Waals surface area contributed by atoms with Gasteiger partial charge in [-0.2, -0.15) is 0 Å². The summed E-state index contributed by atoms with van der Waals surface area (Å²) < 4.78 is 38.9. The van der Waals surface area contributed by atoms with Gasteiger partial charge in [-0.1, -0.05) is 0 Å². The van der Waals surface area contributed by atoms with Crippen LogP contribution in [0.3, 0.4) is 0 Å². The fraction of sp³-hybridized carbons (Fsp3) is 0.182. The van der Waals surface area contributed by atoms with Crippen LogP contribution < -0.4 is 5.32 Å². The Kier molecular flexibility index (Phi) is 4.68. The summed E-state index contributed by atoms with van der Waals surface area (Å²) in [6, 6.07) is -0.726. The topological polar surface area (TPSA) is 104 Å². The molecule has 0 saturated heterocycles. The number of halogens is 3. The third kappa shape index (κ3) is 3.46. The predicted octanol–water partition coefficient (Wildman–Crippen LogP) is 0.762. The molecule has 108 valence electrons. The van der Waals surface area contributed by atoms with Crippen LogP contribution in [0.5, 0.6) is 0 Å². The van der Waals surface area contributed by atoms with Crippen molar-refractivity contribution in [3.63, 3.8) is 0 Å². The zero-order chi connectivity index (χ0) is 15.4. The van der Waals surface area contributed by atoms with Crippen LogP contribution in [0.1, 0.15) is 16.8 Å². The molecule has 6 nitrogen and oxygen atoms in total.